The Morgan fingerprint density at radius 2 is 1.93 bits per heavy atom. The number of aliphatic hydroxyl groups is 1. The first-order valence-electron chi connectivity index (χ1n) is 9.76. The molecule has 0 saturated carbocycles. The van der Waals surface area contributed by atoms with E-state index in [1.54, 1.807) is 6.07 Å². The summed E-state index contributed by atoms with van der Waals surface area (Å²) in [4.78, 5) is 19.4. The molecular formula is C23H25N3O3. The first kappa shape index (κ1) is 19.2. The Kier molecular flexibility index (Phi) is 5.11. The van der Waals surface area contributed by atoms with Crippen LogP contribution < -0.4 is 10.2 Å². The van der Waals surface area contributed by atoms with Crippen molar-refractivity contribution >= 4 is 11.6 Å². The van der Waals surface area contributed by atoms with Crippen LogP contribution in [0.15, 0.2) is 65.5 Å². The highest BCUT2D eigenvalue weighted by molar-refractivity contribution is 5.94. The number of furan rings is 1. The van der Waals surface area contributed by atoms with Crippen LogP contribution in [0.1, 0.15) is 33.7 Å². The number of rotatable bonds is 4. The van der Waals surface area contributed by atoms with Crippen molar-refractivity contribution in [3.05, 3.63) is 83.6 Å². The van der Waals surface area contributed by atoms with E-state index in [0.29, 0.717) is 25.1 Å². The summed E-state index contributed by atoms with van der Waals surface area (Å²) in [6.45, 7) is 5.04. The van der Waals surface area contributed by atoms with E-state index in [2.05, 4.69) is 15.2 Å². The number of β-amino-alcohol motifs (C(OH)–C–C–N with tert-alkyl or cyclic N) is 1. The van der Waals surface area contributed by atoms with Crippen LogP contribution in [0.25, 0.3) is 0 Å². The molecule has 0 unspecified atom stereocenters. The molecule has 0 bridgehead atoms. The van der Waals surface area contributed by atoms with E-state index in [9.17, 15) is 9.90 Å². The molecule has 1 saturated heterocycles. The van der Waals surface area contributed by atoms with Crippen molar-refractivity contribution in [2.75, 3.05) is 18.0 Å². The maximum Gasteiger partial charge on any atom is 0.255 e. The maximum atomic E-state index is 12.8. The van der Waals surface area contributed by atoms with Gasteiger partial charge in [-0.2, -0.15) is 0 Å². The zero-order chi connectivity index (χ0) is 20.4. The van der Waals surface area contributed by atoms with Crippen molar-refractivity contribution in [3.63, 3.8) is 0 Å². The van der Waals surface area contributed by atoms with E-state index >= 15 is 0 Å². The molecule has 1 aromatic carbocycles. The summed E-state index contributed by atoms with van der Waals surface area (Å²) in [5.41, 5.74) is 3.40. The maximum absolute atomic E-state index is 12.8. The molecule has 0 spiro atoms. The summed E-state index contributed by atoms with van der Waals surface area (Å²) in [7, 11) is 0. The monoisotopic (exact) mass is 391 g/mol. The highest BCUT2D eigenvalue weighted by Crippen LogP contribution is 2.35. The largest absolute Gasteiger partial charge is 0.472 e. The van der Waals surface area contributed by atoms with Crippen LogP contribution in [-0.2, 0) is 5.54 Å². The van der Waals surface area contributed by atoms with Crippen LogP contribution >= 0.6 is 0 Å². The minimum atomic E-state index is -0.872. The van der Waals surface area contributed by atoms with Gasteiger partial charge in [0.2, 0.25) is 0 Å². The molecule has 3 heterocycles. The van der Waals surface area contributed by atoms with Gasteiger partial charge in [-0.1, -0.05) is 30.3 Å². The number of anilines is 1. The van der Waals surface area contributed by atoms with Crippen LogP contribution in [0.3, 0.4) is 0 Å². The fourth-order valence-electron chi connectivity index (χ4n) is 4.12. The van der Waals surface area contributed by atoms with Crippen LogP contribution in [0.5, 0.6) is 0 Å². The third-order valence-electron chi connectivity index (χ3n) is 5.58. The van der Waals surface area contributed by atoms with Crippen LogP contribution in [0.2, 0.25) is 0 Å². The quantitative estimate of drug-likeness (QED) is 0.714. The molecule has 0 radical (unpaired) electrons. The minimum Gasteiger partial charge on any atom is -0.472 e. The summed E-state index contributed by atoms with van der Waals surface area (Å²) < 4.78 is 5.05. The molecule has 2 N–H and O–H groups in total. The van der Waals surface area contributed by atoms with Crippen molar-refractivity contribution < 1.29 is 14.3 Å². The molecule has 1 fully saturated rings. The summed E-state index contributed by atoms with van der Waals surface area (Å²) >= 11 is 0. The van der Waals surface area contributed by atoms with Gasteiger partial charge >= 0.3 is 0 Å². The number of aryl methyl sites for hydroxylation is 2. The number of piperidine rings is 1. The Balaban J connectivity index is 1.65. The summed E-state index contributed by atoms with van der Waals surface area (Å²) in [5, 5.41) is 14.4. The highest BCUT2D eigenvalue weighted by Gasteiger charge is 2.45. The van der Waals surface area contributed by atoms with Gasteiger partial charge in [0, 0.05) is 30.2 Å². The number of pyridine rings is 1. The average molecular weight is 391 g/mol. The van der Waals surface area contributed by atoms with Gasteiger partial charge in [-0.15, -0.1) is 0 Å². The third-order valence-corrected chi connectivity index (χ3v) is 5.58. The molecule has 4 rings (SSSR count). The number of hydrogen-bond acceptors (Lipinski definition) is 5. The predicted molar refractivity (Wildman–Crippen MR) is 111 cm³/mol. The lowest BCUT2D eigenvalue weighted by atomic mass is 9.78. The summed E-state index contributed by atoms with van der Waals surface area (Å²) in [6, 6.07) is 15.4. The number of nitrogens with zero attached hydrogens (tertiary/aromatic N) is 2. The average Bonchev–Trinajstić information content (AvgIpc) is 3.24. The lowest BCUT2D eigenvalue weighted by Gasteiger charge is -2.47. The number of hydrogen-bond donors (Lipinski definition) is 2. The van der Waals surface area contributed by atoms with Crippen molar-refractivity contribution in [1.82, 2.24) is 10.3 Å². The van der Waals surface area contributed by atoms with Crippen molar-refractivity contribution in [2.45, 2.75) is 31.9 Å². The van der Waals surface area contributed by atoms with Crippen molar-refractivity contribution in [1.29, 1.82) is 0 Å². The molecule has 1 amide bonds. The molecule has 1 aliphatic rings. The van der Waals surface area contributed by atoms with E-state index in [-0.39, 0.29) is 5.91 Å². The van der Waals surface area contributed by atoms with Gasteiger partial charge in [-0.3, -0.25) is 9.78 Å². The molecule has 6 nitrogen and oxygen atoms in total. The molecule has 29 heavy (non-hydrogen) atoms. The summed E-state index contributed by atoms with van der Waals surface area (Å²) in [6.07, 6.45) is 2.67. The fraction of sp³-hybridized carbons (Fsp3) is 0.304. The third kappa shape index (κ3) is 3.76. The van der Waals surface area contributed by atoms with Crippen LogP contribution in [0.4, 0.5) is 5.69 Å². The Morgan fingerprint density at radius 1 is 1.21 bits per heavy atom. The number of benzene rings is 1. The zero-order valence-corrected chi connectivity index (χ0v) is 16.6. The molecule has 6 heteroatoms. The minimum absolute atomic E-state index is 0.259. The van der Waals surface area contributed by atoms with E-state index in [1.165, 1.54) is 12.5 Å². The second-order valence-corrected chi connectivity index (χ2v) is 7.62. The summed E-state index contributed by atoms with van der Waals surface area (Å²) in [5.74, 6) is -0.259. The van der Waals surface area contributed by atoms with Gasteiger partial charge in [-0.05, 0) is 44.0 Å². The van der Waals surface area contributed by atoms with E-state index in [0.717, 1.165) is 22.6 Å². The zero-order valence-electron chi connectivity index (χ0n) is 16.6. The molecule has 1 aliphatic heterocycles. The topological polar surface area (TPSA) is 78.6 Å². The van der Waals surface area contributed by atoms with Gasteiger partial charge in [0.1, 0.15) is 6.26 Å². The molecule has 3 aromatic rings. The Hall–Kier alpha value is -3.12. The number of nitrogens with one attached hydrogen (secondary N) is 1. The molecule has 2 aromatic heterocycles. The molecule has 150 valence electrons. The van der Waals surface area contributed by atoms with Crippen LogP contribution in [0, 0.1) is 13.8 Å². The van der Waals surface area contributed by atoms with E-state index in [1.807, 2.05) is 56.3 Å². The number of carbonyl (C=O) groups excluding carboxylic acids is 1. The van der Waals surface area contributed by atoms with Gasteiger partial charge in [0.25, 0.3) is 5.91 Å². The van der Waals surface area contributed by atoms with E-state index < -0.39 is 11.6 Å². The molecular weight excluding hydrogens is 366 g/mol. The van der Waals surface area contributed by atoms with Crippen LogP contribution in [-0.4, -0.2) is 35.2 Å². The number of aliphatic hydroxyl groups excluding tert-OH is 1. The number of aromatic nitrogens is 1. The first-order valence-corrected chi connectivity index (χ1v) is 9.76. The number of amides is 1. The van der Waals surface area contributed by atoms with Crippen molar-refractivity contribution in [3.8, 4) is 0 Å². The standard InChI is InChI=1S/C23H25N3O3/c1-16-12-20(13-17(2)24-16)26-10-9-23(21(27)14-26,19-6-4-3-5-7-19)25-22(28)18-8-11-29-15-18/h3-8,11-13,15,21,27H,9-10,14H2,1-2H3,(H,25,28)/t21-,23+/m1/s1. The molecule has 0 aliphatic carbocycles. The Morgan fingerprint density at radius 3 is 2.55 bits per heavy atom. The highest BCUT2D eigenvalue weighted by atomic mass is 16.3. The van der Waals surface area contributed by atoms with E-state index in [4.69, 9.17) is 4.42 Å². The first-order chi connectivity index (χ1) is 14.0. The second kappa shape index (κ2) is 7.72. The van der Waals surface area contributed by atoms with Gasteiger partial charge in [-0.25, -0.2) is 0 Å². The lowest BCUT2D eigenvalue weighted by molar-refractivity contribution is 0.0366. The Bertz CT molecular complexity index is 968. The second-order valence-electron chi connectivity index (χ2n) is 7.62. The van der Waals surface area contributed by atoms with Gasteiger partial charge in [0.15, 0.2) is 0 Å². The fourth-order valence-corrected chi connectivity index (χ4v) is 4.12. The molecule has 2 atom stereocenters. The van der Waals surface area contributed by atoms with Crippen molar-refractivity contribution in [2.24, 2.45) is 0 Å². The normalized spacial score (nSPS) is 21.8. The lowest BCUT2D eigenvalue weighted by Crippen LogP contribution is -2.62. The predicted octanol–water partition coefficient (Wildman–Crippen LogP) is 3.19. The Labute approximate surface area is 170 Å². The SMILES string of the molecule is Cc1cc(N2CC[C@](NC(=O)c3ccoc3)(c3ccccc3)[C@H](O)C2)cc(C)n1. The smallest absolute Gasteiger partial charge is 0.255 e. The van der Waals surface area contributed by atoms with Gasteiger partial charge in [0.05, 0.1) is 23.5 Å². The number of carbonyl (C=O) groups is 1. The van der Waals surface area contributed by atoms with Gasteiger partial charge < -0.3 is 19.7 Å².